The fraction of sp³-hybridized carbons (Fsp3) is 0.667. The second-order valence-corrected chi connectivity index (χ2v) is 9.36. The molecule has 1 unspecified atom stereocenters. The molecule has 1 aromatic rings. The number of aryl methyl sites for hydroxylation is 1. The number of nitrogens with zero attached hydrogens (tertiary/aromatic N) is 1. The molecular formula is C21H26F3NO3. The van der Waals surface area contributed by atoms with E-state index in [1.165, 1.54) is 12.1 Å². The largest absolute Gasteiger partial charge is 0.573 e. The minimum Gasteiger partial charge on any atom is -0.406 e. The van der Waals surface area contributed by atoms with E-state index in [1.807, 2.05) is 11.0 Å². The van der Waals surface area contributed by atoms with Gasteiger partial charge in [-0.1, -0.05) is 6.07 Å². The van der Waals surface area contributed by atoms with Crippen LogP contribution in [0.3, 0.4) is 0 Å². The first-order valence-electron chi connectivity index (χ1n) is 9.82. The number of benzene rings is 1. The minimum absolute atomic E-state index is 0.0663. The molecule has 0 radical (unpaired) electrons. The van der Waals surface area contributed by atoms with E-state index in [9.17, 15) is 23.1 Å². The van der Waals surface area contributed by atoms with Crippen LogP contribution in [-0.2, 0) is 4.79 Å². The van der Waals surface area contributed by atoms with Crippen molar-refractivity contribution in [3.05, 3.63) is 29.3 Å². The highest BCUT2D eigenvalue weighted by Crippen LogP contribution is 2.53. The van der Waals surface area contributed by atoms with Gasteiger partial charge in [0.15, 0.2) is 0 Å². The second kappa shape index (κ2) is 6.37. The Balaban J connectivity index is 1.37. The van der Waals surface area contributed by atoms with Crippen LogP contribution in [-0.4, -0.2) is 41.0 Å². The number of alkyl halides is 3. The summed E-state index contributed by atoms with van der Waals surface area (Å²) in [5, 5.41) is 9.83. The number of amides is 1. The highest BCUT2D eigenvalue weighted by molar-refractivity contribution is 5.81. The summed E-state index contributed by atoms with van der Waals surface area (Å²) in [5.74, 6) is 0.100. The van der Waals surface area contributed by atoms with Gasteiger partial charge in [-0.25, -0.2) is 0 Å². The second-order valence-electron chi connectivity index (χ2n) is 9.36. The van der Waals surface area contributed by atoms with Crippen LogP contribution in [0.25, 0.3) is 0 Å². The predicted molar refractivity (Wildman–Crippen MR) is 96.8 cm³/mol. The molecule has 1 spiro atoms. The van der Waals surface area contributed by atoms with E-state index in [2.05, 4.69) is 4.74 Å². The van der Waals surface area contributed by atoms with Gasteiger partial charge in [0.25, 0.3) is 0 Å². The van der Waals surface area contributed by atoms with Crippen LogP contribution in [0.2, 0.25) is 0 Å². The molecule has 28 heavy (non-hydrogen) atoms. The van der Waals surface area contributed by atoms with Gasteiger partial charge in [0.2, 0.25) is 5.91 Å². The van der Waals surface area contributed by atoms with Crippen molar-refractivity contribution in [1.82, 2.24) is 4.90 Å². The smallest absolute Gasteiger partial charge is 0.406 e. The third-order valence-electron chi connectivity index (χ3n) is 6.57. The summed E-state index contributed by atoms with van der Waals surface area (Å²) in [6.45, 7) is 4.97. The van der Waals surface area contributed by atoms with Crippen LogP contribution in [0.1, 0.15) is 56.1 Å². The molecule has 1 heterocycles. The third kappa shape index (κ3) is 3.86. The zero-order valence-corrected chi connectivity index (χ0v) is 16.2. The highest BCUT2D eigenvalue weighted by Gasteiger charge is 2.53. The lowest BCUT2D eigenvalue weighted by Gasteiger charge is -2.52. The topological polar surface area (TPSA) is 49.8 Å². The van der Waals surface area contributed by atoms with Gasteiger partial charge in [-0.15, -0.1) is 13.2 Å². The van der Waals surface area contributed by atoms with Crippen molar-refractivity contribution >= 4 is 5.91 Å². The Bertz CT molecular complexity index is 776. The fourth-order valence-corrected chi connectivity index (χ4v) is 5.34. The molecule has 1 N–H and O–H groups in total. The number of carbonyl (C=O) groups excluding carboxylic acids is 1. The van der Waals surface area contributed by atoms with Gasteiger partial charge in [-0.05, 0) is 75.1 Å². The lowest BCUT2D eigenvalue weighted by molar-refractivity contribution is -0.274. The first-order chi connectivity index (χ1) is 12.9. The summed E-state index contributed by atoms with van der Waals surface area (Å²) in [7, 11) is 0. The Morgan fingerprint density at radius 3 is 2.50 bits per heavy atom. The average Bonchev–Trinajstić information content (AvgIpc) is 2.93. The third-order valence-corrected chi connectivity index (χ3v) is 6.57. The van der Waals surface area contributed by atoms with Gasteiger partial charge in [0.05, 0.1) is 5.60 Å². The lowest BCUT2D eigenvalue weighted by atomic mass is 9.69. The van der Waals surface area contributed by atoms with Gasteiger partial charge >= 0.3 is 6.36 Å². The molecule has 4 rings (SSSR count). The Hall–Kier alpha value is -1.76. The Morgan fingerprint density at radius 1 is 1.21 bits per heavy atom. The van der Waals surface area contributed by atoms with Crippen LogP contribution < -0.4 is 4.74 Å². The number of likely N-dealkylation sites (tertiary alicyclic amines) is 1. The van der Waals surface area contributed by atoms with Crippen molar-refractivity contribution in [2.24, 2.45) is 11.3 Å². The zero-order chi connectivity index (χ0) is 20.3. The summed E-state index contributed by atoms with van der Waals surface area (Å²) < 4.78 is 41.8. The SMILES string of the molecule is Cc1cc(OC(F)(F)F)cc(C2CCC3(C2)CN(C(=O)C2CC(C)(O)C2)C3)c1. The number of rotatable bonds is 3. The quantitative estimate of drug-likeness (QED) is 0.834. The molecule has 1 atom stereocenters. The van der Waals surface area contributed by atoms with E-state index in [4.69, 9.17) is 0 Å². The van der Waals surface area contributed by atoms with E-state index in [-0.39, 0.29) is 28.9 Å². The standard InChI is InChI=1S/C21H26F3NO3/c1-13-5-15(7-17(6-13)28-21(22,23)24)14-3-4-20(10-14)11-25(12-20)18(26)16-8-19(2,27)9-16/h5-7,14,16,27H,3-4,8-12H2,1-2H3. The average molecular weight is 397 g/mol. The molecule has 2 saturated carbocycles. The Morgan fingerprint density at radius 2 is 1.89 bits per heavy atom. The predicted octanol–water partition coefficient (Wildman–Crippen LogP) is 4.15. The molecule has 7 heteroatoms. The van der Waals surface area contributed by atoms with Gasteiger partial charge in [-0.3, -0.25) is 4.79 Å². The van der Waals surface area contributed by atoms with Crippen LogP contribution in [0.15, 0.2) is 18.2 Å². The van der Waals surface area contributed by atoms with Gasteiger partial charge in [-0.2, -0.15) is 0 Å². The molecule has 1 aromatic carbocycles. The minimum atomic E-state index is -4.69. The monoisotopic (exact) mass is 397 g/mol. The molecule has 3 fully saturated rings. The maximum atomic E-state index is 12.6. The van der Waals surface area contributed by atoms with Gasteiger partial charge < -0.3 is 14.7 Å². The first kappa shape index (κ1) is 19.6. The molecular weight excluding hydrogens is 371 g/mol. The number of aliphatic hydroxyl groups is 1. The zero-order valence-electron chi connectivity index (χ0n) is 16.2. The number of carbonyl (C=O) groups is 1. The van der Waals surface area contributed by atoms with Crippen molar-refractivity contribution in [2.45, 2.75) is 63.8 Å². The molecule has 4 nitrogen and oxygen atoms in total. The van der Waals surface area contributed by atoms with E-state index in [0.717, 1.165) is 43.5 Å². The fourth-order valence-electron chi connectivity index (χ4n) is 5.34. The van der Waals surface area contributed by atoms with E-state index in [0.29, 0.717) is 12.8 Å². The maximum Gasteiger partial charge on any atom is 0.573 e. The Kier molecular flexibility index (Phi) is 4.45. The first-order valence-corrected chi connectivity index (χ1v) is 9.82. The van der Waals surface area contributed by atoms with Gasteiger partial charge in [0.1, 0.15) is 5.75 Å². The lowest BCUT2D eigenvalue weighted by Crippen LogP contribution is -2.61. The molecule has 1 amide bonds. The van der Waals surface area contributed by atoms with Crippen molar-refractivity contribution < 1.29 is 27.8 Å². The molecule has 0 bridgehead atoms. The highest BCUT2D eigenvalue weighted by atomic mass is 19.4. The van der Waals surface area contributed by atoms with Crippen LogP contribution in [0.4, 0.5) is 13.2 Å². The summed E-state index contributed by atoms with van der Waals surface area (Å²) >= 11 is 0. The number of hydrogen-bond donors (Lipinski definition) is 1. The van der Waals surface area contributed by atoms with E-state index < -0.39 is 12.0 Å². The normalized spacial score (nSPS) is 31.4. The molecule has 0 aromatic heterocycles. The summed E-state index contributed by atoms with van der Waals surface area (Å²) in [6.07, 6.45) is -0.855. The summed E-state index contributed by atoms with van der Waals surface area (Å²) in [4.78, 5) is 14.4. The molecule has 154 valence electrons. The molecule has 1 saturated heterocycles. The van der Waals surface area contributed by atoms with Crippen molar-refractivity contribution in [3.8, 4) is 5.75 Å². The van der Waals surface area contributed by atoms with E-state index >= 15 is 0 Å². The van der Waals surface area contributed by atoms with Crippen LogP contribution in [0.5, 0.6) is 5.75 Å². The van der Waals surface area contributed by atoms with Crippen LogP contribution in [0, 0.1) is 18.3 Å². The maximum absolute atomic E-state index is 12.6. The summed E-state index contributed by atoms with van der Waals surface area (Å²) in [6, 6.07) is 4.84. The Labute approximate surface area is 162 Å². The molecule has 3 aliphatic rings. The van der Waals surface area contributed by atoms with Crippen molar-refractivity contribution in [3.63, 3.8) is 0 Å². The molecule has 1 aliphatic heterocycles. The van der Waals surface area contributed by atoms with E-state index in [1.54, 1.807) is 13.8 Å². The van der Waals surface area contributed by atoms with Crippen LogP contribution >= 0.6 is 0 Å². The molecule has 2 aliphatic carbocycles. The van der Waals surface area contributed by atoms with Gasteiger partial charge in [0, 0.05) is 24.4 Å². The van der Waals surface area contributed by atoms with Crippen molar-refractivity contribution in [2.75, 3.05) is 13.1 Å². The number of halogens is 3. The van der Waals surface area contributed by atoms with Crippen molar-refractivity contribution in [1.29, 1.82) is 0 Å². The number of hydrogen-bond acceptors (Lipinski definition) is 3. The summed E-state index contributed by atoms with van der Waals surface area (Å²) in [5.41, 5.74) is 1.01. The number of ether oxygens (including phenoxy) is 1.